The van der Waals surface area contributed by atoms with Crippen molar-refractivity contribution in [1.29, 1.82) is 0 Å². The van der Waals surface area contributed by atoms with E-state index < -0.39 is 25.0 Å². The number of rotatable bonds is 2. The van der Waals surface area contributed by atoms with Gasteiger partial charge < -0.3 is 4.74 Å². The molecular formula is C4H3F3O3. The molecule has 6 heteroatoms. The number of hydrogen-bond donors (Lipinski definition) is 0. The number of alkyl halides is 3. The quantitative estimate of drug-likeness (QED) is 0.426. The van der Waals surface area contributed by atoms with Crippen LogP contribution in [-0.2, 0) is 14.3 Å². The van der Waals surface area contributed by atoms with Crippen molar-refractivity contribution in [2.24, 2.45) is 0 Å². The van der Waals surface area contributed by atoms with Crippen LogP contribution in [0.4, 0.5) is 13.2 Å². The highest BCUT2D eigenvalue weighted by Crippen LogP contribution is 1.95. The van der Waals surface area contributed by atoms with Crippen LogP contribution in [0.2, 0.25) is 0 Å². The molecular weight excluding hydrogens is 153 g/mol. The van der Waals surface area contributed by atoms with Crippen molar-refractivity contribution in [3.8, 4) is 0 Å². The maximum Gasteiger partial charge on any atom is 0.381 e. The first kappa shape index (κ1) is 8.93. The highest BCUT2D eigenvalue weighted by Gasteiger charge is 2.20. The molecule has 0 bridgehead atoms. The fourth-order valence-corrected chi connectivity index (χ4v) is 0.184. The first-order valence-electron chi connectivity index (χ1n) is 2.16. The van der Waals surface area contributed by atoms with Crippen LogP contribution < -0.4 is 0 Å². The first-order valence-corrected chi connectivity index (χ1v) is 2.16. The minimum absolute atomic E-state index is 1.58. The number of carbonyl (C=O) groups excluding carboxylic acids is 2. The van der Waals surface area contributed by atoms with Crippen molar-refractivity contribution in [1.82, 2.24) is 0 Å². The molecule has 0 aliphatic carbocycles. The fraction of sp³-hybridized carbons (Fsp3) is 0.500. The lowest BCUT2D eigenvalue weighted by molar-refractivity contribution is -0.168. The lowest BCUT2D eigenvalue weighted by atomic mass is 10.7. The topological polar surface area (TPSA) is 43.4 Å². The second kappa shape index (κ2) is 3.86. The van der Waals surface area contributed by atoms with E-state index in [2.05, 4.69) is 4.74 Å². The van der Waals surface area contributed by atoms with Crippen molar-refractivity contribution < 1.29 is 27.5 Å². The third-order valence-electron chi connectivity index (χ3n) is 0.502. The number of esters is 2. The molecule has 0 aromatic heterocycles. The monoisotopic (exact) mass is 156 g/mol. The molecule has 0 heterocycles. The zero-order valence-corrected chi connectivity index (χ0v) is 4.64. The Kier molecular flexibility index (Phi) is 3.45. The molecule has 10 heavy (non-hydrogen) atoms. The summed E-state index contributed by atoms with van der Waals surface area (Å²) in [6, 6.07) is 0. The molecule has 0 spiro atoms. The average molecular weight is 156 g/mol. The van der Waals surface area contributed by atoms with Gasteiger partial charge in [-0.05, 0) is 0 Å². The Morgan fingerprint density at radius 3 is 2.20 bits per heavy atom. The van der Waals surface area contributed by atoms with Crippen LogP contribution in [0.15, 0.2) is 0 Å². The fourth-order valence-electron chi connectivity index (χ4n) is 0.184. The van der Waals surface area contributed by atoms with Gasteiger partial charge in [0.2, 0.25) is 0 Å². The molecule has 0 fully saturated rings. The average Bonchev–Trinajstić information content (AvgIpc) is 1.87. The molecule has 0 unspecified atom stereocenters. The van der Waals surface area contributed by atoms with E-state index in [1.165, 1.54) is 0 Å². The second-order valence-corrected chi connectivity index (χ2v) is 1.23. The summed E-state index contributed by atoms with van der Waals surface area (Å²) < 4.78 is 36.7. The van der Waals surface area contributed by atoms with Crippen molar-refractivity contribution in [2.75, 3.05) is 6.67 Å². The van der Waals surface area contributed by atoms with E-state index in [0.29, 0.717) is 0 Å². The normalized spacial score (nSPS) is 9.60. The van der Waals surface area contributed by atoms with Gasteiger partial charge in [-0.3, -0.25) is 0 Å². The molecule has 0 saturated carbocycles. The standard InChI is InChI=1S/C4H3F3O3/c5-1-2(8)10-4(9)3(6)7/h3H,1H2. The summed E-state index contributed by atoms with van der Waals surface area (Å²) in [5, 5.41) is 0. The number of halogens is 3. The zero-order chi connectivity index (χ0) is 8.15. The van der Waals surface area contributed by atoms with E-state index >= 15 is 0 Å². The summed E-state index contributed by atoms with van der Waals surface area (Å²) >= 11 is 0. The van der Waals surface area contributed by atoms with Crippen molar-refractivity contribution >= 4 is 11.9 Å². The van der Waals surface area contributed by atoms with Crippen LogP contribution in [0, 0.1) is 0 Å². The van der Waals surface area contributed by atoms with Gasteiger partial charge in [-0.25, -0.2) is 14.0 Å². The third kappa shape index (κ3) is 3.06. The van der Waals surface area contributed by atoms with Crippen molar-refractivity contribution in [3.05, 3.63) is 0 Å². The Labute approximate surface area is 53.8 Å². The Morgan fingerprint density at radius 2 is 1.90 bits per heavy atom. The molecule has 0 saturated heterocycles. The molecule has 0 aromatic rings. The molecule has 0 amide bonds. The second-order valence-electron chi connectivity index (χ2n) is 1.23. The van der Waals surface area contributed by atoms with Crippen LogP contribution in [0.25, 0.3) is 0 Å². The van der Waals surface area contributed by atoms with Crippen molar-refractivity contribution in [3.63, 3.8) is 0 Å². The zero-order valence-electron chi connectivity index (χ0n) is 4.64. The number of ether oxygens (including phenoxy) is 1. The third-order valence-corrected chi connectivity index (χ3v) is 0.502. The summed E-state index contributed by atoms with van der Waals surface area (Å²) in [6.45, 7) is -1.58. The highest BCUT2D eigenvalue weighted by molar-refractivity contribution is 5.87. The van der Waals surface area contributed by atoms with Gasteiger partial charge in [0, 0.05) is 0 Å². The maximum atomic E-state index is 11.2. The molecule has 0 aliphatic rings. The Hall–Kier alpha value is -1.07. The Bertz CT molecular complexity index is 145. The summed E-state index contributed by atoms with van der Waals surface area (Å²) in [5.74, 6) is -3.63. The molecule has 0 aromatic carbocycles. The predicted octanol–water partition coefficient (Wildman–Crippen LogP) is 0.291. The summed E-state index contributed by atoms with van der Waals surface area (Å²) in [4.78, 5) is 19.5. The van der Waals surface area contributed by atoms with Gasteiger partial charge in [0.05, 0.1) is 0 Å². The minimum Gasteiger partial charge on any atom is -0.387 e. The SMILES string of the molecule is O=C(CF)OC(=O)C(F)F. The maximum absolute atomic E-state index is 11.2. The van der Waals surface area contributed by atoms with Gasteiger partial charge >= 0.3 is 18.4 Å². The molecule has 0 rings (SSSR count). The van der Waals surface area contributed by atoms with Crippen LogP contribution in [0.3, 0.4) is 0 Å². The van der Waals surface area contributed by atoms with Crippen LogP contribution in [0.1, 0.15) is 0 Å². The lowest BCUT2D eigenvalue weighted by Crippen LogP contribution is -2.19. The molecule has 3 nitrogen and oxygen atoms in total. The lowest BCUT2D eigenvalue weighted by Gasteiger charge is -1.96. The van der Waals surface area contributed by atoms with Gasteiger partial charge in [-0.15, -0.1) is 0 Å². The van der Waals surface area contributed by atoms with E-state index in [9.17, 15) is 22.8 Å². The van der Waals surface area contributed by atoms with Crippen LogP contribution in [-0.4, -0.2) is 25.0 Å². The van der Waals surface area contributed by atoms with Gasteiger partial charge in [0.15, 0.2) is 6.67 Å². The van der Waals surface area contributed by atoms with E-state index in [1.54, 1.807) is 0 Å². The highest BCUT2D eigenvalue weighted by atomic mass is 19.3. The van der Waals surface area contributed by atoms with Gasteiger partial charge in [0.1, 0.15) is 0 Å². The minimum atomic E-state index is -3.39. The smallest absolute Gasteiger partial charge is 0.381 e. The largest absolute Gasteiger partial charge is 0.387 e. The Morgan fingerprint density at radius 1 is 1.40 bits per heavy atom. The van der Waals surface area contributed by atoms with E-state index in [-0.39, 0.29) is 0 Å². The van der Waals surface area contributed by atoms with Crippen LogP contribution >= 0.6 is 0 Å². The van der Waals surface area contributed by atoms with Crippen molar-refractivity contribution in [2.45, 2.75) is 6.43 Å². The van der Waals surface area contributed by atoms with E-state index in [0.717, 1.165) is 0 Å². The van der Waals surface area contributed by atoms with E-state index in [1.807, 2.05) is 0 Å². The number of hydrogen-bond acceptors (Lipinski definition) is 3. The van der Waals surface area contributed by atoms with Gasteiger partial charge in [0.25, 0.3) is 0 Å². The van der Waals surface area contributed by atoms with E-state index in [4.69, 9.17) is 0 Å². The first-order chi connectivity index (χ1) is 4.57. The summed E-state index contributed by atoms with van der Waals surface area (Å²) in [5.41, 5.74) is 0. The number of carbonyl (C=O) groups is 2. The predicted molar refractivity (Wildman–Crippen MR) is 23.1 cm³/mol. The van der Waals surface area contributed by atoms with Crippen LogP contribution in [0.5, 0.6) is 0 Å². The summed E-state index contributed by atoms with van der Waals surface area (Å²) in [7, 11) is 0. The molecule has 58 valence electrons. The van der Waals surface area contributed by atoms with Gasteiger partial charge in [-0.2, -0.15) is 8.78 Å². The molecule has 0 atom stereocenters. The molecule has 0 radical (unpaired) electrons. The summed E-state index contributed by atoms with van der Waals surface area (Å²) in [6.07, 6.45) is -3.39. The Balaban J connectivity index is 3.69. The van der Waals surface area contributed by atoms with Gasteiger partial charge in [-0.1, -0.05) is 0 Å². The molecule has 0 aliphatic heterocycles. The molecule has 0 N–H and O–H groups in total.